The molecular weight excluding hydrogens is 349 g/mol. The first-order valence-electron chi connectivity index (χ1n) is 8.91. The minimum Gasteiger partial charge on any atom is -0.391 e. The molecule has 0 bridgehead atoms. The number of alkyl halides is 1. The van der Waals surface area contributed by atoms with E-state index in [1.165, 1.54) is 5.57 Å². The quantitative estimate of drug-likeness (QED) is 0.577. The van der Waals surface area contributed by atoms with E-state index in [2.05, 4.69) is 11.4 Å². The molecule has 7 nitrogen and oxygen atoms in total. The number of nitrogens with zero attached hydrogens (tertiary/aromatic N) is 1. The fourth-order valence-electron chi connectivity index (χ4n) is 5.08. The third-order valence-electron chi connectivity index (χ3n) is 6.27. The lowest BCUT2D eigenvalue weighted by Gasteiger charge is -2.48. The molecule has 0 spiro atoms. The fraction of sp³-hybridized carbons (Fsp3) is 0.812. The maximum absolute atomic E-state index is 15.4. The Labute approximate surface area is 146 Å². The second-order valence-electron chi connectivity index (χ2n) is 7.66. The van der Waals surface area contributed by atoms with Crippen molar-refractivity contribution < 1.29 is 22.7 Å². The first-order chi connectivity index (χ1) is 11.9. The van der Waals surface area contributed by atoms with E-state index in [0.29, 0.717) is 18.8 Å². The van der Waals surface area contributed by atoms with Gasteiger partial charge < -0.3 is 10.4 Å². The van der Waals surface area contributed by atoms with Gasteiger partial charge in [-0.25, -0.2) is 9.11 Å². The zero-order chi connectivity index (χ0) is 17.8. The Morgan fingerprint density at radius 1 is 1.28 bits per heavy atom. The van der Waals surface area contributed by atoms with Crippen LogP contribution >= 0.6 is 0 Å². The average molecular weight is 373 g/mol. The summed E-state index contributed by atoms with van der Waals surface area (Å²) in [5.41, 5.74) is 1.32. The molecule has 2 aliphatic carbocycles. The van der Waals surface area contributed by atoms with E-state index in [1.54, 1.807) is 0 Å². The monoisotopic (exact) mass is 373 g/mol. The van der Waals surface area contributed by atoms with Crippen molar-refractivity contribution in [1.29, 1.82) is 0 Å². The van der Waals surface area contributed by atoms with Crippen LogP contribution in [0.1, 0.15) is 25.7 Å². The van der Waals surface area contributed by atoms with Crippen molar-refractivity contribution in [2.45, 2.75) is 44.0 Å². The second kappa shape index (κ2) is 6.29. The maximum Gasteiger partial charge on any atom is 0.304 e. The molecular formula is C16H24FN3O4S. The van der Waals surface area contributed by atoms with Crippen LogP contribution in [0, 0.1) is 17.8 Å². The van der Waals surface area contributed by atoms with Crippen molar-refractivity contribution in [3.8, 4) is 0 Å². The Morgan fingerprint density at radius 2 is 2.08 bits per heavy atom. The van der Waals surface area contributed by atoms with Crippen LogP contribution in [0.4, 0.5) is 4.39 Å². The number of carbonyl (C=O) groups is 1. The summed E-state index contributed by atoms with van der Waals surface area (Å²) >= 11 is 0. The molecule has 0 aromatic carbocycles. The van der Waals surface area contributed by atoms with Crippen molar-refractivity contribution in [2.75, 3.05) is 19.6 Å². The van der Waals surface area contributed by atoms with Crippen LogP contribution in [0.3, 0.4) is 0 Å². The number of hydrogen-bond donors (Lipinski definition) is 3. The van der Waals surface area contributed by atoms with Crippen LogP contribution in [-0.2, 0) is 15.0 Å². The molecule has 2 saturated carbocycles. The van der Waals surface area contributed by atoms with Crippen LogP contribution in [0.15, 0.2) is 11.6 Å². The Kier molecular flexibility index (Phi) is 4.38. The molecule has 0 aromatic rings. The second-order valence-corrected chi connectivity index (χ2v) is 9.28. The number of aliphatic hydroxyl groups is 1. The van der Waals surface area contributed by atoms with Crippen LogP contribution in [0.5, 0.6) is 0 Å². The predicted octanol–water partition coefficient (Wildman–Crippen LogP) is -0.304. The predicted molar refractivity (Wildman–Crippen MR) is 88.4 cm³/mol. The molecule has 140 valence electrons. The van der Waals surface area contributed by atoms with Gasteiger partial charge in [-0.2, -0.15) is 12.7 Å². The molecule has 6 unspecified atom stereocenters. The summed E-state index contributed by atoms with van der Waals surface area (Å²) in [5, 5.41) is 13.7. The summed E-state index contributed by atoms with van der Waals surface area (Å²) in [7, 11) is -4.06. The SMILES string of the molecule is O=C1CN(C2C(O)CC3CCC(C4=CCNC4)CC3C2F)S(=O)(=O)N1. The van der Waals surface area contributed by atoms with Crippen LogP contribution in [0.2, 0.25) is 0 Å². The molecule has 3 N–H and O–H groups in total. The van der Waals surface area contributed by atoms with Gasteiger partial charge in [0.05, 0.1) is 18.7 Å². The van der Waals surface area contributed by atoms with E-state index < -0.39 is 41.0 Å². The number of amides is 1. The molecule has 0 radical (unpaired) electrons. The molecule has 6 atom stereocenters. The van der Waals surface area contributed by atoms with E-state index in [9.17, 15) is 18.3 Å². The zero-order valence-corrected chi connectivity index (χ0v) is 14.7. The molecule has 2 heterocycles. The summed E-state index contributed by atoms with van der Waals surface area (Å²) in [6.45, 7) is 1.27. The number of nitrogens with one attached hydrogen (secondary N) is 2. The lowest BCUT2D eigenvalue weighted by Crippen LogP contribution is -2.58. The number of carbonyl (C=O) groups excluding carboxylic acids is 1. The first kappa shape index (κ1) is 17.4. The molecule has 4 rings (SSSR count). The van der Waals surface area contributed by atoms with Crippen molar-refractivity contribution in [2.24, 2.45) is 17.8 Å². The molecule has 4 aliphatic rings. The van der Waals surface area contributed by atoms with Crippen molar-refractivity contribution in [3.63, 3.8) is 0 Å². The zero-order valence-electron chi connectivity index (χ0n) is 13.9. The van der Waals surface area contributed by atoms with Gasteiger partial charge in [-0.05, 0) is 43.4 Å². The molecule has 2 aliphatic heterocycles. The highest BCUT2D eigenvalue weighted by Crippen LogP contribution is 2.47. The van der Waals surface area contributed by atoms with Crippen molar-refractivity contribution >= 4 is 16.1 Å². The van der Waals surface area contributed by atoms with Gasteiger partial charge in [0.1, 0.15) is 6.17 Å². The van der Waals surface area contributed by atoms with Crippen LogP contribution in [0.25, 0.3) is 0 Å². The van der Waals surface area contributed by atoms with Gasteiger partial charge in [0.15, 0.2) is 0 Å². The average Bonchev–Trinajstić information content (AvgIpc) is 3.15. The number of fused-ring (bicyclic) bond motifs is 1. The third-order valence-corrected chi connectivity index (χ3v) is 7.74. The normalized spacial score (nSPS) is 44.2. The molecule has 0 aromatic heterocycles. The minimum atomic E-state index is -4.06. The van der Waals surface area contributed by atoms with Gasteiger partial charge in [-0.3, -0.25) is 4.79 Å². The summed E-state index contributed by atoms with van der Waals surface area (Å²) in [6.07, 6.45) is 2.53. The van der Waals surface area contributed by atoms with Crippen LogP contribution in [-0.4, -0.2) is 61.7 Å². The number of hydrogen-bond acceptors (Lipinski definition) is 5. The van der Waals surface area contributed by atoms with E-state index in [4.69, 9.17) is 0 Å². The smallest absolute Gasteiger partial charge is 0.304 e. The fourth-order valence-corrected chi connectivity index (χ4v) is 6.42. The number of aliphatic hydroxyl groups excluding tert-OH is 1. The summed E-state index contributed by atoms with van der Waals surface area (Å²) in [6, 6.07) is -1.18. The molecule has 9 heteroatoms. The summed E-state index contributed by atoms with van der Waals surface area (Å²) in [4.78, 5) is 11.5. The van der Waals surface area contributed by atoms with E-state index in [-0.39, 0.29) is 11.8 Å². The highest BCUT2D eigenvalue weighted by Gasteiger charge is 2.53. The lowest BCUT2D eigenvalue weighted by atomic mass is 9.63. The topological polar surface area (TPSA) is 98.7 Å². The number of halogens is 1. The van der Waals surface area contributed by atoms with E-state index >= 15 is 4.39 Å². The van der Waals surface area contributed by atoms with Crippen molar-refractivity contribution in [1.82, 2.24) is 14.3 Å². The van der Waals surface area contributed by atoms with E-state index in [0.717, 1.165) is 30.2 Å². The summed E-state index contributed by atoms with van der Waals surface area (Å²) < 4.78 is 42.3. The highest BCUT2D eigenvalue weighted by atomic mass is 32.2. The lowest BCUT2D eigenvalue weighted by molar-refractivity contribution is -0.119. The molecule has 1 saturated heterocycles. The Hall–Kier alpha value is -1.03. The van der Waals surface area contributed by atoms with Crippen LogP contribution < -0.4 is 10.0 Å². The van der Waals surface area contributed by atoms with Gasteiger partial charge in [0.25, 0.3) is 0 Å². The van der Waals surface area contributed by atoms with E-state index in [1.807, 2.05) is 4.72 Å². The summed E-state index contributed by atoms with van der Waals surface area (Å²) in [5.74, 6) is -0.563. The van der Waals surface area contributed by atoms with Crippen molar-refractivity contribution in [3.05, 3.63) is 11.6 Å². The van der Waals surface area contributed by atoms with Gasteiger partial charge in [-0.1, -0.05) is 11.6 Å². The molecule has 25 heavy (non-hydrogen) atoms. The molecule has 3 fully saturated rings. The van der Waals surface area contributed by atoms with Gasteiger partial charge in [0, 0.05) is 13.1 Å². The highest BCUT2D eigenvalue weighted by molar-refractivity contribution is 7.88. The van der Waals surface area contributed by atoms with Gasteiger partial charge >= 0.3 is 10.2 Å². The third kappa shape index (κ3) is 3.01. The Morgan fingerprint density at radius 3 is 2.72 bits per heavy atom. The number of rotatable bonds is 2. The first-order valence-corrected chi connectivity index (χ1v) is 10.3. The largest absolute Gasteiger partial charge is 0.391 e. The molecule has 1 amide bonds. The van der Waals surface area contributed by atoms with Gasteiger partial charge in [0.2, 0.25) is 5.91 Å². The minimum absolute atomic E-state index is 0.0708. The standard InChI is InChI=1S/C16H24FN3O4S/c17-15-12-5-9(11-3-4-18-7-11)1-2-10(12)6-13(21)16(15)20-8-14(22)19-25(20,23)24/h3,9-10,12-13,15-16,18,21H,1-2,4-8H2,(H,19,22). The Bertz CT molecular complexity index is 697. The maximum atomic E-state index is 15.4. The van der Waals surface area contributed by atoms with Gasteiger partial charge in [-0.15, -0.1) is 0 Å². The Balaban J connectivity index is 1.56.